The predicted octanol–water partition coefficient (Wildman–Crippen LogP) is 1.09. The Morgan fingerprint density at radius 1 is 1.42 bits per heavy atom. The molecular formula is C13H15NO5. The van der Waals surface area contributed by atoms with Crippen molar-refractivity contribution >= 4 is 11.9 Å². The van der Waals surface area contributed by atoms with Gasteiger partial charge in [-0.05, 0) is 25.0 Å². The topological polar surface area (TPSA) is 87.1 Å². The van der Waals surface area contributed by atoms with Gasteiger partial charge in [-0.15, -0.1) is 0 Å². The van der Waals surface area contributed by atoms with E-state index in [1.54, 1.807) is 6.07 Å². The van der Waals surface area contributed by atoms with E-state index < -0.39 is 17.9 Å². The summed E-state index contributed by atoms with van der Waals surface area (Å²) in [7, 11) is 1.39. The molecule has 1 aromatic carbocycles. The summed E-state index contributed by atoms with van der Waals surface area (Å²) in [5.74, 6) is -1.57. The van der Waals surface area contributed by atoms with Gasteiger partial charge in [-0.25, -0.2) is 4.79 Å². The highest BCUT2D eigenvalue weighted by Crippen LogP contribution is 2.31. The summed E-state index contributed by atoms with van der Waals surface area (Å²) in [5, 5.41) is 19.0. The van der Waals surface area contributed by atoms with E-state index in [2.05, 4.69) is 0 Å². The molecule has 6 nitrogen and oxygen atoms in total. The van der Waals surface area contributed by atoms with Crippen molar-refractivity contribution in [2.24, 2.45) is 0 Å². The molecule has 1 saturated heterocycles. The number of rotatable bonds is 3. The zero-order valence-corrected chi connectivity index (χ0v) is 10.5. The summed E-state index contributed by atoms with van der Waals surface area (Å²) in [5.41, 5.74) is 0.0625. The molecule has 0 unspecified atom stereocenters. The highest BCUT2D eigenvalue weighted by molar-refractivity contribution is 5.99. The van der Waals surface area contributed by atoms with Crippen LogP contribution in [0.4, 0.5) is 0 Å². The first-order valence-electron chi connectivity index (χ1n) is 5.96. The van der Waals surface area contributed by atoms with Crippen molar-refractivity contribution in [2.75, 3.05) is 13.7 Å². The number of amides is 1. The second kappa shape index (κ2) is 5.17. The van der Waals surface area contributed by atoms with Crippen LogP contribution in [0.25, 0.3) is 0 Å². The molecule has 2 N–H and O–H groups in total. The summed E-state index contributed by atoms with van der Waals surface area (Å²) in [6, 6.07) is 3.75. The van der Waals surface area contributed by atoms with E-state index >= 15 is 0 Å². The van der Waals surface area contributed by atoms with E-state index in [0.29, 0.717) is 19.4 Å². The van der Waals surface area contributed by atoms with Crippen LogP contribution in [0.2, 0.25) is 0 Å². The maximum absolute atomic E-state index is 12.3. The highest BCUT2D eigenvalue weighted by atomic mass is 16.5. The van der Waals surface area contributed by atoms with Gasteiger partial charge in [-0.3, -0.25) is 4.79 Å². The third kappa shape index (κ3) is 2.33. The lowest BCUT2D eigenvalue weighted by Crippen LogP contribution is -2.40. The van der Waals surface area contributed by atoms with Gasteiger partial charge in [0.1, 0.15) is 6.04 Å². The lowest BCUT2D eigenvalue weighted by atomic mass is 10.1. The monoisotopic (exact) mass is 265 g/mol. The van der Waals surface area contributed by atoms with Crippen LogP contribution in [0.15, 0.2) is 18.2 Å². The molecular weight excluding hydrogens is 250 g/mol. The van der Waals surface area contributed by atoms with E-state index in [0.717, 1.165) is 0 Å². The van der Waals surface area contributed by atoms with Gasteiger partial charge in [-0.1, -0.05) is 6.07 Å². The second-order valence-corrected chi connectivity index (χ2v) is 4.35. The SMILES string of the molecule is COc1cccc(C(=O)N2CCC[C@H]2C(=O)O)c1O. The van der Waals surface area contributed by atoms with Crippen LogP contribution >= 0.6 is 0 Å². The lowest BCUT2D eigenvalue weighted by Gasteiger charge is -2.22. The van der Waals surface area contributed by atoms with Crippen molar-refractivity contribution in [2.45, 2.75) is 18.9 Å². The number of aliphatic carboxylic acids is 1. The Kier molecular flexibility index (Phi) is 3.59. The second-order valence-electron chi connectivity index (χ2n) is 4.35. The van der Waals surface area contributed by atoms with Crippen LogP contribution < -0.4 is 4.74 Å². The molecule has 0 aromatic heterocycles. The van der Waals surface area contributed by atoms with Crippen molar-refractivity contribution in [1.29, 1.82) is 0 Å². The fourth-order valence-electron chi connectivity index (χ4n) is 2.28. The molecule has 0 aliphatic carbocycles. The van der Waals surface area contributed by atoms with Crippen LogP contribution in [0, 0.1) is 0 Å². The number of benzene rings is 1. The zero-order valence-electron chi connectivity index (χ0n) is 10.5. The summed E-state index contributed by atoms with van der Waals surface area (Å²) >= 11 is 0. The van der Waals surface area contributed by atoms with Gasteiger partial charge in [0.15, 0.2) is 11.5 Å². The summed E-state index contributed by atoms with van der Waals surface area (Å²) in [6.45, 7) is 0.381. The van der Waals surface area contributed by atoms with Crippen molar-refractivity contribution in [3.8, 4) is 11.5 Å². The first kappa shape index (κ1) is 13.2. The number of hydrogen-bond acceptors (Lipinski definition) is 4. The maximum atomic E-state index is 12.3. The molecule has 6 heteroatoms. The Hall–Kier alpha value is -2.24. The summed E-state index contributed by atoms with van der Waals surface area (Å²) in [4.78, 5) is 24.6. The first-order valence-corrected chi connectivity index (χ1v) is 5.96. The Bertz CT molecular complexity index is 514. The molecule has 0 spiro atoms. The Morgan fingerprint density at radius 3 is 2.79 bits per heavy atom. The number of aromatic hydroxyl groups is 1. The molecule has 0 saturated carbocycles. The van der Waals surface area contributed by atoms with Gasteiger partial charge in [0.2, 0.25) is 0 Å². The van der Waals surface area contributed by atoms with E-state index in [1.807, 2.05) is 0 Å². The lowest BCUT2D eigenvalue weighted by molar-refractivity contribution is -0.141. The fraction of sp³-hybridized carbons (Fsp3) is 0.385. The van der Waals surface area contributed by atoms with Gasteiger partial charge < -0.3 is 19.8 Å². The van der Waals surface area contributed by atoms with E-state index in [9.17, 15) is 14.7 Å². The molecule has 0 radical (unpaired) electrons. The van der Waals surface area contributed by atoms with Crippen LogP contribution in [-0.4, -0.2) is 46.7 Å². The minimum atomic E-state index is -1.02. The molecule has 1 fully saturated rings. The fourth-order valence-corrected chi connectivity index (χ4v) is 2.28. The van der Waals surface area contributed by atoms with Crippen LogP contribution in [-0.2, 0) is 4.79 Å². The number of carboxylic acid groups (broad SMARTS) is 1. The number of methoxy groups -OCH3 is 1. The number of phenols is 1. The standard InChI is InChI=1S/C13H15NO5/c1-19-10-6-2-4-8(11(10)15)12(16)14-7-3-5-9(14)13(17)18/h2,4,6,9,15H,3,5,7H2,1H3,(H,17,18)/t9-/m0/s1. The van der Waals surface area contributed by atoms with Crippen LogP contribution in [0.1, 0.15) is 23.2 Å². The van der Waals surface area contributed by atoms with Gasteiger partial charge in [0, 0.05) is 6.54 Å². The molecule has 2 rings (SSSR count). The van der Waals surface area contributed by atoms with Gasteiger partial charge >= 0.3 is 5.97 Å². The molecule has 102 valence electrons. The molecule has 1 heterocycles. The average Bonchev–Trinajstić information content (AvgIpc) is 2.87. The molecule has 0 bridgehead atoms. The average molecular weight is 265 g/mol. The van der Waals surface area contributed by atoms with Gasteiger partial charge in [0.05, 0.1) is 12.7 Å². The smallest absolute Gasteiger partial charge is 0.326 e. The molecule has 1 aromatic rings. The van der Waals surface area contributed by atoms with E-state index in [4.69, 9.17) is 9.84 Å². The number of carbonyl (C=O) groups is 2. The molecule has 1 atom stereocenters. The minimum absolute atomic E-state index is 0.0625. The number of carbonyl (C=O) groups excluding carboxylic acids is 1. The number of phenolic OH excluding ortho intramolecular Hbond substituents is 1. The Morgan fingerprint density at radius 2 is 2.16 bits per heavy atom. The molecule has 1 aliphatic rings. The van der Waals surface area contributed by atoms with E-state index in [1.165, 1.54) is 24.1 Å². The number of nitrogens with zero attached hydrogens (tertiary/aromatic N) is 1. The molecule has 1 aliphatic heterocycles. The predicted molar refractivity (Wildman–Crippen MR) is 66.4 cm³/mol. The highest BCUT2D eigenvalue weighted by Gasteiger charge is 2.35. The van der Waals surface area contributed by atoms with Crippen molar-refractivity contribution in [3.63, 3.8) is 0 Å². The third-order valence-electron chi connectivity index (χ3n) is 3.25. The van der Waals surface area contributed by atoms with Gasteiger partial charge in [-0.2, -0.15) is 0 Å². The third-order valence-corrected chi connectivity index (χ3v) is 3.25. The maximum Gasteiger partial charge on any atom is 0.326 e. The Balaban J connectivity index is 2.32. The number of ether oxygens (including phenoxy) is 1. The van der Waals surface area contributed by atoms with Crippen molar-refractivity contribution < 1.29 is 24.5 Å². The first-order chi connectivity index (χ1) is 9.06. The normalized spacial score (nSPS) is 18.4. The summed E-state index contributed by atoms with van der Waals surface area (Å²) in [6.07, 6.45) is 1.08. The minimum Gasteiger partial charge on any atom is -0.504 e. The number of para-hydroxylation sites is 1. The number of hydrogen-bond donors (Lipinski definition) is 2. The van der Waals surface area contributed by atoms with Crippen molar-refractivity contribution in [1.82, 2.24) is 4.90 Å². The largest absolute Gasteiger partial charge is 0.504 e. The molecule has 1 amide bonds. The van der Waals surface area contributed by atoms with Crippen LogP contribution in [0.3, 0.4) is 0 Å². The Labute approximate surface area is 110 Å². The zero-order chi connectivity index (χ0) is 14.0. The number of carboxylic acids is 1. The van der Waals surface area contributed by atoms with Crippen LogP contribution in [0.5, 0.6) is 11.5 Å². The van der Waals surface area contributed by atoms with E-state index in [-0.39, 0.29) is 17.1 Å². The van der Waals surface area contributed by atoms with Crippen molar-refractivity contribution in [3.05, 3.63) is 23.8 Å². The summed E-state index contributed by atoms with van der Waals surface area (Å²) < 4.78 is 4.94. The van der Waals surface area contributed by atoms with Gasteiger partial charge in [0.25, 0.3) is 5.91 Å². The quantitative estimate of drug-likeness (QED) is 0.854. The molecule has 19 heavy (non-hydrogen) atoms. The number of likely N-dealkylation sites (tertiary alicyclic amines) is 1.